The highest BCUT2D eigenvalue weighted by atomic mass is 32.1. The second kappa shape index (κ2) is 7.20. The van der Waals surface area contributed by atoms with Crippen LogP contribution < -0.4 is 0 Å². The molecule has 1 heterocycles. The summed E-state index contributed by atoms with van der Waals surface area (Å²) >= 11 is 1.70. The third kappa shape index (κ3) is 4.73. The lowest BCUT2D eigenvalue weighted by Crippen LogP contribution is -2.03. The van der Waals surface area contributed by atoms with E-state index in [9.17, 15) is 5.11 Å². The first-order chi connectivity index (χ1) is 9.03. The largest absolute Gasteiger partial charge is 0.396 e. The number of aromatic nitrogens is 1. The first-order valence-corrected chi connectivity index (χ1v) is 8.11. The Labute approximate surface area is 121 Å². The van der Waals surface area contributed by atoms with E-state index >= 15 is 0 Å². The summed E-state index contributed by atoms with van der Waals surface area (Å²) in [5.74, 6) is 0.716. The third-order valence-corrected chi connectivity index (χ3v) is 4.61. The molecule has 0 saturated heterocycles. The molecule has 1 aromatic rings. The van der Waals surface area contributed by atoms with Crippen LogP contribution in [-0.4, -0.2) is 16.7 Å². The molecule has 2 rings (SSSR count). The molecule has 0 unspecified atom stereocenters. The fraction of sp³-hybridized carbons (Fsp3) is 0.688. The van der Waals surface area contributed by atoms with E-state index < -0.39 is 0 Å². The van der Waals surface area contributed by atoms with Gasteiger partial charge in [0.05, 0.1) is 10.7 Å². The van der Waals surface area contributed by atoms with Crippen molar-refractivity contribution in [3.63, 3.8) is 0 Å². The number of allylic oxidation sites excluding steroid dienone is 1. The predicted octanol–water partition coefficient (Wildman–Crippen LogP) is 4.68. The van der Waals surface area contributed by atoms with Gasteiger partial charge in [0.2, 0.25) is 0 Å². The zero-order chi connectivity index (χ0) is 14.5. The minimum Gasteiger partial charge on any atom is -0.396 e. The van der Waals surface area contributed by atoms with Gasteiger partial charge in [0.25, 0.3) is 0 Å². The molecule has 1 aromatic heterocycles. The lowest BCUT2D eigenvalue weighted by Gasteiger charge is -2.06. The number of rotatable bonds is 5. The topological polar surface area (TPSA) is 33.1 Å². The van der Waals surface area contributed by atoms with Crippen LogP contribution in [-0.2, 0) is 0 Å². The van der Waals surface area contributed by atoms with Crippen LogP contribution in [0, 0.1) is 18.3 Å². The van der Waals surface area contributed by atoms with Gasteiger partial charge in [0.15, 0.2) is 0 Å². The smallest absolute Gasteiger partial charge is 0.0901 e. The van der Waals surface area contributed by atoms with E-state index in [2.05, 4.69) is 30.3 Å². The Balaban J connectivity index is 0.000000861. The normalized spacial score (nSPS) is 25.8. The van der Waals surface area contributed by atoms with E-state index in [-0.39, 0.29) is 5.41 Å². The number of hydrogen-bond donors (Lipinski definition) is 1. The molecular weight excluding hydrogens is 254 g/mol. The zero-order valence-corrected chi connectivity index (χ0v) is 13.7. The van der Waals surface area contributed by atoms with E-state index in [1.165, 1.54) is 18.4 Å². The molecule has 1 fully saturated rings. The van der Waals surface area contributed by atoms with Gasteiger partial charge in [-0.25, -0.2) is 4.98 Å². The van der Waals surface area contributed by atoms with E-state index in [1.807, 2.05) is 20.8 Å². The summed E-state index contributed by atoms with van der Waals surface area (Å²) in [5.41, 5.74) is 2.70. The van der Waals surface area contributed by atoms with Crippen LogP contribution >= 0.6 is 11.3 Å². The molecule has 0 radical (unpaired) electrons. The van der Waals surface area contributed by atoms with Crippen molar-refractivity contribution >= 4 is 17.4 Å². The number of nitrogens with zero attached hydrogens (tertiary/aromatic N) is 1. The van der Waals surface area contributed by atoms with Crippen molar-refractivity contribution in [2.24, 2.45) is 11.3 Å². The summed E-state index contributed by atoms with van der Waals surface area (Å²) in [5, 5.41) is 12.4. The van der Waals surface area contributed by atoms with Crippen molar-refractivity contribution in [1.29, 1.82) is 0 Å². The maximum absolute atomic E-state index is 9.22. The molecule has 108 valence electrons. The molecule has 0 bridgehead atoms. The minimum absolute atomic E-state index is 0.220. The highest BCUT2D eigenvalue weighted by Crippen LogP contribution is 2.54. The summed E-state index contributed by atoms with van der Waals surface area (Å²) < 4.78 is 0. The number of aryl methyl sites for hydroxylation is 1. The van der Waals surface area contributed by atoms with Crippen LogP contribution in [0.15, 0.2) is 11.0 Å². The maximum atomic E-state index is 9.22. The number of hydrogen-bond acceptors (Lipinski definition) is 3. The molecule has 1 N–H and O–H groups in total. The lowest BCUT2D eigenvalue weighted by molar-refractivity contribution is 0.210. The minimum atomic E-state index is 0.220. The van der Waals surface area contributed by atoms with Gasteiger partial charge in [0, 0.05) is 12.0 Å². The average Bonchev–Trinajstić information content (AvgIpc) is 2.90. The Hall–Kier alpha value is -0.670. The molecule has 1 aliphatic carbocycles. The molecular formula is C16H27NOS. The van der Waals surface area contributed by atoms with Crippen molar-refractivity contribution in [3.05, 3.63) is 21.7 Å². The molecule has 19 heavy (non-hydrogen) atoms. The van der Waals surface area contributed by atoms with Crippen molar-refractivity contribution < 1.29 is 5.11 Å². The van der Waals surface area contributed by atoms with Crippen LogP contribution in [0.3, 0.4) is 0 Å². The summed E-state index contributed by atoms with van der Waals surface area (Å²) in [4.78, 5) is 4.44. The van der Waals surface area contributed by atoms with Crippen LogP contribution in [0.4, 0.5) is 0 Å². The van der Waals surface area contributed by atoms with Gasteiger partial charge in [-0.2, -0.15) is 0 Å². The van der Waals surface area contributed by atoms with Gasteiger partial charge < -0.3 is 5.11 Å². The molecule has 3 heteroatoms. The fourth-order valence-electron chi connectivity index (χ4n) is 2.32. The van der Waals surface area contributed by atoms with Gasteiger partial charge in [0.1, 0.15) is 0 Å². The summed E-state index contributed by atoms with van der Waals surface area (Å²) in [7, 11) is 0. The molecule has 0 aliphatic heterocycles. The average molecular weight is 281 g/mol. The number of thiazole rings is 1. The molecule has 0 spiro atoms. The Morgan fingerprint density at radius 3 is 2.74 bits per heavy atom. The molecule has 2 atom stereocenters. The van der Waals surface area contributed by atoms with Crippen LogP contribution in [0.1, 0.15) is 57.7 Å². The van der Waals surface area contributed by atoms with E-state index in [0.717, 1.165) is 17.1 Å². The monoisotopic (exact) mass is 281 g/mol. The van der Waals surface area contributed by atoms with Crippen molar-refractivity contribution in [3.8, 4) is 0 Å². The van der Waals surface area contributed by atoms with Crippen molar-refractivity contribution in [1.82, 2.24) is 4.98 Å². The highest BCUT2D eigenvalue weighted by molar-refractivity contribution is 7.09. The van der Waals surface area contributed by atoms with Crippen molar-refractivity contribution in [2.45, 2.75) is 53.9 Å². The third-order valence-electron chi connectivity index (χ3n) is 3.82. The maximum Gasteiger partial charge on any atom is 0.0901 e. The predicted molar refractivity (Wildman–Crippen MR) is 84.4 cm³/mol. The second-order valence-electron chi connectivity index (χ2n) is 5.53. The Morgan fingerprint density at radius 2 is 2.26 bits per heavy atom. The number of aliphatic hydroxyl groups excluding tert-OH is 1. The second-order valence-corrected chi connectivity index (χ2v) is 6.60. The standard InChI is InChI=1S/C14H21NOS.C2H6/c1-10(6-13-8-17-11(2)15-13)4-5-12-7-14(12,3)9-16;1-2/h6,8,12,16H,4-5,7,9H2,1-3H3;1-2H3/b10-6+;/t12-,14-;/m1./s1. The van der Waals surface area contributed by atoms with Crippen LogP contribution in [0.25, 0.3) is 6.08 Å². The highest BCUT2D eigenvalue weighted by Gasteiger charge is 2.48. The van der Waals surface area contributed by atoms with Crippen molar-refractivity contribution in [2.75, 3.05) is 6.61 Å². The summed E-state index contributed by atoms with van der Waals surface area (Å²) in [6.45, 7) is 10.7. The van der Waals surface area contributed by atoms with Gasteiger partial charge in [-0.1, -0.05) is 26.3 Å². The lowest BCUT2D eigenvalue weighted by atomic mass is 10.0. The summed E-state index contributed by atoms with van der Waals surface area (Å²) in [6.07, 6.45) is 5.69. The van der Waals surface area contributed by atoms with E-state index in [0.29, 0.717) is 12.5 Å². The first-order valence-electron chi connectivity index (χ1n) is 7.24. The van der Waals surface area contributed by atoms with Gasteiger partial charge in [-0.05, 0) is 50.5 Å². The van der Waals surface area contributed by atoms with E-state index in [4.69, 9.17) is 0 Å². The van der Waals surface area contributed by atoms with Gasteiger partial charge >= 0.3 is 0 Å². The molecule has 0 aromatic carbocycles. The molecule has 2 nitrogen and oxygen atoms in total. The van der Waals surface area contributed by atoms with Gasteiger partial charge in [-0.3, -0.25) is 0 Å². The Morgan fingerprint density at radius 1 is 1.58 bits per heavy atom. The number of aliphatic hydroxyl groups is 1. The molecule has 1 saturated carbocycles. The fourth-order valence-corrected chi connectivity index (χ4v) is 2.89. The Bertz CT molecular complexity index is 424. The zero-order valence-electron chi connectivity index (χ0n) is 12.9. The SMILES string of the molecule is C/C(=C\c1csc(C)n1)CC[C@@H]1C[C@]1(C)CO.CC. The Kier molecular flexibility index (Phi) is 6.21. The molecule has 1 aliphatic rings. The van der Waals surface area contributed by atoms with Gasteiger partial charge in [-0.15, -0.1) is 11.3 Å². The first kappa shape index (κ1) is 16.4. The summed E-state index contributed by atoms with van der Waals surface area (Å²) in [6, 6.07) is 0. The quantitative estimate of drug-likeness (QED) is 0.850. The van der Waals surface area contributed by atoms with Crippen LogP contribution in [0.2, 0.25) is 0 Å². The molecule has 0 amide bonds. The van der Waals surface area contributed by atoms with E-state index in [1.54, 1.807) is 11.3 Å². The van der Waals surface area contributed by atoms with Crippen LogP contribution in [0.5, 0.6) is 0 Å².